The molecule has 0 aromatic heterocycles. The van der Waals surface area contributed by atoms with Gasteiger partial charge >= 0.3 is 6.03 Å². The number of amides is 2. The summed E-state index contributed by atoms with van der Waals surface area (Å²) < 4.78 is 5.67. The lowest BCUT2D eigenvalue weighted by Crippen LogP contribution is -2.41. The van der Waals surface area contributed by atoms with Crippen LogP contribution in [0.5, 0.6) is 5.75 Å². The van der Waals surface area contributed by atoms with E-state index in [4.69, 9.17) is 4.74 Å². The quantitative estimate of drug-likeness (QED) is 0.841. The van der Waals surface area contributed by atoms with Gasteiger partial charge in [0.1, 0.15) is 12.4 Å². The van der Waals surface area contributed by atoms with Crippen LogP contribution in [0.1, 0.15) is 51.0 Å². The number of ether oxygens (including phenoxy) is 1. The lowest BCUT2D eigenvalue weighted by Gasteiger charge is -2.20. The molecule has 1 N–H and O–H groups in total. The van der Waals surface area contributed by atoms with Crippen LogP contribution >= 0.6 is 0 Å². The third-order valence-corrected chi connectivity index (χ3v) is 4.09. The molecule has 0 unspecified atom stereocenters. The smallest absolute Gasteiger partial charge is 0.317 e. The van der Waals surface area contributed by atoms with E-state index in [2.05, 4.69) is 31.3 Å². The Bertz CT molecular complexity index is 449. The maximum atomic E-state index is 12.0. The van der Waals surface area contributed by atoms with Gasteiger partial charge in [0.05, 0.1) is 6.54 Å². The fourth-order valence-corrected chi connectivity index (χ4v) is 2.66. The van der Waals surface area contributed by atoms with E-state index in [-0.39, 0.29) is 6.03 Å². The molecule has 0 radical (unpaired) electrons. The SMILES string of the molecule is CC(C)c1ccc(OCCNC(=O)N2CCCCCC2)cc1. The summed E-state index contributed by atoms with van der Waals surface area (Å²) in [7, 11) is 0. The van der Waals surface area contributed by atoms with Gasteiger partial charge in [0.2, 0.25) is 0 Å². The Morgan fingerprint density at radius 1 is 1.14 bits per heavy atom. The largest absolute Gasteiger partial charge is 0.492 e. The van der Waals surface area contributed by atoms with Crippen molar-refractivity contribution in [1.29, 1.82) is 0 Å². The van der Waals surface area contributed by atoms with Gasteiger partial charge in [-0.05, 0) is 36.5 Å². The van der Waals surface area contributed by atoms with Crippen LogP contribution in [0.15, 0.2) is 24.3 Å². The van der Waals surface area contributed by atoms with Gasteiger partial charge in [-0.2, -0.15) is 0 Å². The predicted octanol–water partition coefficient (Wildman–Crippen LogP) is 3.77. The third kappa shape index (κ3) is 5.24. The molecule has 0 aliphatic carbocycles. The lowest BCUT2D eigenvalue weighted by molar-refractivity contribution is 0.196. The Morgan fingerprint density at radius 3 is 2.36 bits per heavy atom. The fourth-order valence-electron chi connectivity index (χ4n) is 2.66. The van der Waals surface area contributed by atoms with Crippen LogP contribution in [-0.2, 0) is 0 Å². The number of carbonyl (C=O) groups is 1. The monoisotopic (exact) mass is 304 g/mol. The highest BCUT2D eigenvalue weighted by molar-refractivity contribution is 5.74. The van der Waals surface area contributed by atoms with Crippen molar-refractivity contribution < 1.29 is 9.53 Å². The molecule has 122 valence electrons. The number of likely N-dealkylation sites (tertiary alicyclic amines) is 1. The van der Waals surface area contributed by atoms with E-state index in [0.29, 0.717) is 19.1 Å². The molecule has 1 aromatic rings. The van der Waals surface area contributed by atoms with Gasteiger partial charge in [0.25, 0.3) is 0 Å². The molecular weight excluding hydrogens is 276 g/mol. The molecule has 1 aromatic carbocycles. The summed E-state index contributed by atoms with van der Waals surface area (Å²) in [5.41, 5.74) is 1.31. The van der Waals surface area contributed by atoms with E-state index in [1.54, 1.807) is 0 Å². The molecule has 0 saturated carbocycles. The van der Waals surface area contributed by atoms with Crippen molar-refractivity contribution in [2.45, 2.75) is 45.4 Å². The highest BCUT2D eigenvalue weighted by Crippen LogP contribution is 2.18. The zero-order chi connectivity index (χ0) is 15.8. The number of carbonyl (C=O) groups excluding carboxylic acids is 1. The predicted molar refractivity (Wildman–Crippen MR) is 89.5 cm³/mol. The van der Waals surface area contributed by atoms with Crippen molar-refractivity contribution >= 4 is 6.03 Å². The van der Waals surface area contributed by atoms with Gasteiger partial charge in [-0.1, -0.05) is 38.8 Å². The Kier molecular flexibility index (Phi) is 6.56. The first-order valence-corrected chi connectivity index (χ1v) is 8.42. The maximum Gasteiger partial charge on any atom is 0.317 e. The van der Waals surface area contributed by atoms with Crippen LogP contribution in [0.2, 0.25) is 0 Å². The summed E-state index contributed by atoms with van der Waals surface area (Å²) in [6, 6.07) is 8.21. The van der Waals surface area contributed by atoms with E-state index in [1.165, 1.54) is 18.4 Å². The number of benzene rings is 1. The van der Waals surface area contributed by atoms with Crippen molar-refractivity contribution in [3.63, 3.8) is 0 Å². The number of rotatable bonds is 5. The van der Waals surface area contributed by atoms with Crippen LogP contribution in [0.3, 0.4) is 0 Å². The normalized spacial score (nSPS) is 15.5. The summed E-state index contributed by atoms with van der Waals surface area (Å²) in [5.74, 6) is 1.38. The van der Waals surface area contributed by atoms with Gasteiger partial charge < -0.3 is 15.0 Å². The molecule has 1 aliphatic heterocycles. The molecular formula is C18H28N2O2. The number of urea groups is 1. The molecule has 1 fully saturated rings. The van der Waals surface area contributed by atoms with Crippen LogP contribution in [0.4, 0.5) is 4.79 Å². The number of hydrogen-bond donors (Lipinski definition) is 1. The zero-order valence-electron chi connectivity index (χ0n) is 13.8. The number of nitrogens with one attached hydrogen (secondary N) is 1. The van der Waals surface area contributed by atoms with Gasteiger partial charge in [-0.25, -0.2) is 4.79 Å². The molecule has 0 spiro atoms. The molecule has 0 atom stereocenters. The van der Waals surface area contributed by atoms with Gasteiger partial charge in [-0.3, -0.25) is 0 Å². The average molecular weight is 304 g/mol. The van der Waals surface area contributed by atoms with Crippen molar-refractivity contribution in [2.75, 3.05) is 26.2 Å². The van der Waals surface area contributed by atoms with Gasteiger partial charge in [0, 0.05) is 13.1 Å². The fraction of sp³-hybridized carbons (Fsp3) is 0.611. The van der Waals surface area contributed by atoms with E-state index in [9.17, 15) is 4.79 Å². The first-order chi connectivity index (χ1) is 10.7. The van der Waals surface area contributed by atoms with Crippen molar-refractivity contribution in [1.82, 2.24) is 10.2 Å². The molecule has 1 aliphatic rings. The standard InChI is InChI=1S/C18H28N2O2/c1-15(2)16-7-9-17(10-8-16)22-14-11-19-18(21)20-12-5-3-4-6-13-20/h7-10,15H,3-6,11-14H2,1-2H3,(H,19,21). The second kappa shape index (κ2) is 8.66. The van der Waals surface area contributed by atoms with Crippen molar-refractivity contribution in [2.24, 2.45) is 0 Å². The van der Waals surface area contributed by atoms with Crippen LogP contribution in [-0.4, -0.2) is 37.2 Å². The molecule has 0 bridgehead atoms. The Morgan fingerprint density at radius 2 is 1.77 bits per heavy atom. The Balaban J connectivity index is 1.66. The molecule has 22 heavy (non-hydrogen) atoms. The molecule has 2 amide bonds. The Hall–Kier alpha value is -1.71. The van der Waals surface area contributed by atoms with Gasteiger partial charge in [-0.15, -0.1) is 0 Å². The second-order valence-corrected chi connectivity index (χ2v) is 6.21. The van der Waals surface area contributed by atoms with E-state index in [0.717, 1.165) is 31.7 Å². The van der Waals surface area contributed by atoms with Crippen LogP contribution < -0.4 is 10.1 Å². The minimum absolute atomic E-state index is 0.0423. The number of hydrogen-bond acceptors (Lipinski definition) is 2. The van der Waals surface area contributed by atoms with E-state index in [1.807, 2.05) is 17.0 Å². The third-order valence-electron chi connectivity index (χ3n) is 4.09. The summed E-state index contributed by atoms with van der Waals surface area (Å²) >= 11 is 0. The first-order valence-electron chi connectivity index (χ1n) is 8.42. The van der Waals surface area contributed by atoms with Crippen LogP contribution in [0, 0.1) is 0 Å². The second-order valence-electron chi connectivity index (χ2n) is 6.21. The van der Waals surface area contributed by atoms with Crippen LogP contribution in [0.25, 0.3) is 0 Å². The molecule has 4 heteroatoms. The highest BCUT2D eigenvalue weighted by atomic mass is 16.5. The maximum absolute atomic E-state index is 12.0. The molecule has 1 saturated heterocycles. The van der Waals surface area contributed by atoms with E-state index >= 15 is 0 Å². The summed E-state index contributed by atoms with van der Waals surface area (Å²) in [6.07, 6.45) is 4.71. The minimum Gasteiger partial charge on any atom is -0.492 e. The Labute approximate surface area is 133 Å². The topological polar surface area (TPSA) is 41.6 Å². The first kappa shape index (κ1) is 16.7. The zero-order valence-corrected chi connectivity index (χ0v) is 13.8. The minimum atomic E-state index is 0.0423. The molecule has 2 rings (SSSR count). The van der Waals surface area contributed by atoms with Gasteiger partial charge in [0.15, 0.2) is 0 Å². The summed E-state index contributed by atoms with van der Waals surface area (Å²) in [5, 5.41) is 2.94. The van der Waals surface area contributed by atoms with E-state index < -0.39 is 0 Å². The average Bonchev–Trinajstić information content (AvgIpc) is 2.81. The lowest BCUT2D eigenvalue weighted by atomic mass is 10.0. The number of nitrogens with zero attached hydrogens (tertiary/aromatic N) is 1. The molecule has 4 nitrogen and oxygen atoms in total. The van der Waals surface area contributed by atoms with Crippen molar-refractivity contribution in [3.8, 4) is 5.75 Å². The van der Waals surface area contributed by atoms with Crippen molar-refractivity contribution in [3.05, 3.63) is 29.8 Å². The summed E-state index contributed by atoms with van der Waals surface area (Å²) in [6.45, 7) is 7.15. The highest BCUT2D eigenvalue weighted by Gasteiger charge is 2.14. The molecule has 1 heterocycles. The summed E-state index contributed by atoms with van der Waals surface area (Å²) in [4.78, 5) is 14.0.